The van der Waals surface area contributed by atoms with Crippen molar-refractivity contribution >= 4 is 39.5 Å². The number of ether oxygens (including phenoxy) is 4. The summed E-state index contributed by atoms with van der Waals surface area (Å²) >= 11 is 0. The molecular formula is C87H142O17P2. The Kier molecular flexibility index (Phi) is 73.5. The lowest BCUT2D eigenvalue weighted by Gasteiger charge is -2.21. The summed E-state index contributed by atoms with van der Waals surface area (Å²) in [6, 6.07) is 0. The minimum atomic E-state index is -5.02. The Bertz CT molecular complexity index is 2680. The van der Waals surface area contributed by atoms with Crippen molar-refractivity contribution in [3.8, 4) is 0 Å². The van der Waals surface area contributed by atoms with Crippen LogP contribution in [0.1, 0.15) is 297 Å². The predicted octanol–water partition coefficient (Wildman–Crippen LogP) is 23.8. The van der Waals surface area contributed by atoms with Crippen LogP contribution in [0.25, 0.3) is 0 Å². The molecule has 0 aromatic carbocycles. The maximum Gasteiger partial charge on any atom is 0.472 e. The Morgan fingerprint density at radius 3 is 0.745 bits per heavy atom. The van der Waals surface area contributed by atoms with Crippen LogP contribution < -0.4 is 0 Å². The summed E-state index contributed by atoms with van der Waals surface area (Å²) in [5, 5.41) is 10.6. The van der Waals surface area contributed by atoms with Crippen molar-refractivity contribution in [3.63, 3.8) is 0 Å². The first-order valence-corrected chi connectivity index (χ1v) is 43.4. The molecule has 0 aliphatic heterocycles. The standard InChI is InChI=1S/C87H142O17P2/c1-5-9-13-17-21-25-29-33-37-40-44-48-52-56-60-64-68-72-85(90)98-78-83(104-87(92)74-70-66-62-58-54-50-46-42-39-35-31-27-23-19-15-11-7-3)80-102-106(95,96)100-76-81(88)75-99-105(93,94)101-79-82(77-97-84(89)71-67-63-59-55-51-47-43-36-32-28-24-20-16-12-8-4)103-86(91)73-69-65-61-57-53-49-45-41-38-34-30-26-22-18-14-10-6-2/h21-28,33-39,43-46,48-50,56-58,60-62,81-83,88H,5-20,29-32,40-42,47,51-55,59,63-80H2,1-4H3,(H,93,94)(H,95,96)/b25-21-,26-22-,27-23-,28-24-,37-33-,38-34-,39-35-,43-36-,48-44-,49-45-,50-46-,60-56-,61-57-,62-58-/t81?,82-,83-/m1/s1. The van der Waals surface area contributed by atoms with E-state index in [1.807, 2.05) is 36.5 Å². The fourth-order valence-electron chi connectivity index (χ4n) is 9.93. The van der Waals surface area contributed by atoms with Crippen molar-refractivity contribution in [1.82, 2.24) is 0 Å². The summed E-state index contributed by atoms with van der Waals surface area (Å²) in [7, 11) is -10.0. The summed E-state index contributed by atoms with van der Waals surface area (Å²) in [5.41, 5.74) is 0. The van der Waals surface area contributed by atoms with Gasteiger partial charge in [0.15, 0.2) is 12.2 Å². The van der Waals surface area contributed by atoms with Crippen LogP contribution in [-0.2, 0) is 65.4 Å². The average molecular weight is 1520 g/mol. The van der Waals surface area contributed by atoms with E-state index in [9.17, 15) is 43.2 Å². The van der Waals surface area contributed by atoms with Gasteiger partial charge in [-0.25, -0.2) is 9.13 Å². The van der Waals surface area contributed by atoms with Crippen LogP contribution in [0.3, 0.4) is 0 Å². The highest BCUT2D eigenvalue weighted by molar-refractivity contribution is 7.47. The Morgan fingerprint density at radius 1 is 0.264 bits per heavy atom. The number of rotatable bonds is 74. The van der Waals surface area contributed by atoms with Crippen LogP contribution in [0, 0.1) is 0 Å². The second-order valence-corrected chi connectivity index (χ2v) is 29.2. The van der Waals surface area contributed by atoms with E-state index in [2.05, 4.69) is 161 Å². The monoisotopic (exact) mass is 1520 g/mol. The van der Waals surface area contributed by atoms with Gasteiger partial charge in [-0.05, 0) is 173 Å². The van der Waals surface area contributed by atoms with Gasteiger partial charge in [0, 0.05) is 25.7 Å². The summed E-state index contributed by atoms with van der Waals surface area (Å²) in [6.45, 7) is 4.54. The first kappa shape index (κ1) is 100. The summed E-state index contributed by atoms with van der Waals surface area (Å²) in [4.78, 5) is 73.0. The molecule has 0 rings (SSSR count). The molecule has 0 aromatic rings. The zero-order chi connectivity index (χ0) is 77.4. The lowest BCUT2D eigenvalue weighted by molar-refractivity contribution is -0.161. The molecule has 0 radical (unpaired) electrons. The molecule has 0 saturated heterocycles. The van der Waals surface area contributed by atoms with Gasteiger partial charge in [0.2, 0.25) is 0 Å². The van der Waals surface area contributed by atoms with E-state index in [1.165, 1.54) is 77.0 Å². The maximum atomic E-state index is 13.1. The van der Waals surface area contributed by atoms with Crippen molar-refractivity contribution in [2.75, 3.05) is 39.6 Å². The van der Waals surface area contributed by atoms with E-state index in [4.69, 9.17) is 37.0 Å². The van der Waals surface area contributed by atoms with Crippen molar-refractivity contribution in [2.24, 2.45) is 0 Å². The fourth-order valence-corrected chi connectivity index (χ4v) is 11.5. The van der Waals surface area contributed by atoms with Gasteiger partial charge in [-0.3, -0.25) is 37.3 Å². The largest absolute Gasteiger partial charge is 0.472 e. The Morgan fingerprint density at radius 2 is 0.472 bits per heavy atom. The van der Waals surface area contributed by atoms with E-state index >= 15 is 0 Å². The number of hydrogen-bond donors (Lipinski definition) is 3. The summed E-state index contributed by atoms with van der Waals surface area (Å²) < 4.78 is 68.4. The van der Waals surface area contributed by atoms with E-state index < -0.39 is 97.5 Å². The topological polar surface area (TPSA) is 237 Å². The van der Waals surface area contributed by atoms with Gasteiger partial charge in [0.05, 0.1) is 26.4 Å². The molecule has 3 unspecified atom stereocenters. The minimum Gasteiger partial charge on any atom is -0.462 e. The number of aliphatic hydroxyl groups is 1. The third-order valence-electron chi connectivity index (χ3n) is 16.1. The smallest absolute Gasteiger partial charge is 0.462 e. The Hall–Kier alpha value is -5.58. The summed E-state index contributed by atoms with van der Waals surface area (Å²) in [5.74, 6) is -2.40. The number of allylic oxidation sites excluding steroid dienone is 28. The van der Waals surface area contributed by atoms with Gasteiger partial charge in [-0.15, -0.1) is 0 Å². The zero-order valence-corrected chi connectivity index (χ0v) is 67.6. The van der Waals surface area contributed by atoms with Crippen LogP contribution in [0.4, 0.5) is 0 Å². The molecule has 0 fully saturated rings. The molecule has 3 N–H and O–H groups in total. The second kappa shape index (κ2) is 77.6. The molecule has 19 heteroatoms. The normalized spacial score (nSPS) is 14.7. The van der Waals surface area contributed by atoms with Crippen molar-refractivity contribution < 1.29 is 80.2 Å². The van der Waals surface area contributed by atoms with Gasteiger partial charge in [-0.1, -0.05) is 268 Å². The molecule has 0 amide bonds. The van der Waals surface area contributed by atoms with Gasteiger partial charge in [0.25, 0.3) is 0 Å². The number of carbonyl (C=O) groups excluding carboxylic acids is 4. The van der Waals surface area contributed by atoms with Crippen LogP contribution >= 0.6 is 15.6 Å². The molecule has 0 bridgehead atoms. The van der Waals surface area contributed by atoms with Gasteiger partial charge >= 0.3 is 39.5 Å². The average Bonchev–Trinajstić information content (AvgIpc) is 0.905. The molecule has 106 heavy (non-hydrogen) atoms. The minimum absolute atomic E-state index is 0.000270. The fraction of sp³-hybridized carbons (Fsp3) is 0.632. The lowest BCUT2D eigenvalue weighted by atomic mass is 10.1. The number of aliphatic hydroxyl groups excluding tert-OH is 1. The second-order valence-electron chi connectivity index (χ2n) is 26.3. The van der Waals surface area contributed by atoms with E-state index in [0.29, 0.717) is 44.9 Å². The first-order chi connectivity index (χ1) is 51.7. The van der Waals surface area contributed by atoms with Crippen LogP contribution in [0.5, 0.6) is 0 Å². The molecule has 0 heterocycles. The number of phosphoric ester groups is 2. The van der Waals surface area contributed by atoms with Crippen LogP contribution in [0.15, 0.2) is 170 Å². The number of unbranched alkanes of at least 4 members (excludes halogenated alkanes) is 20. The van der Waals surface area contributed by atoms with Gasteiger partial charge in [0.1, 0.15) is 19.3 Å². The first-order valence-electron chi connectivity index (χ1n) is 40.4. The zero-order valence-electron chi connectivity index (χ0n) is 65.8. The molecular weight excluding hydrogens is 1380 g/mol. The third-order valence-corrected chi connectivity index (χ3v) is 18.0. The van der Waals surface area contributed by atoms with E-state index in [1.54, 1.807) is 0 Å². The Labute approximate surface area is 642 Å². The van der Waals surface area contributed by atoms with Gasteiger partial charge in [-0.2, -0.15) is 0 Å². The highest BCUT2D eigenvalue weighted by atomic mass is 31.2. The molecule has 0 spiro atoms. The van der Waals surface area contributed by atoms with Crippen molar-refractivity contribution in [1.29, 1.82) is 0 Å². The Balaban J connectivity index is 5.55. The number of esters is 4. The molecule has 0 aromatic heterocycles. The van der Waals surface area contributed by atoms with Crippen molar-refractivity contribution in [3.05, 3.63) is 170 Å². The lowest BCUT2D eigenvalue weighted by Crippen LogP contribution is -2.30. The van der Waals surface area contributed by atoms with E-state index in [-0.39, 0.29) is 25.7 Å². The molecule has 0 saturated carbocycles. The molecule has 5 atom stereocenters. The molecule has 17 nitrogen and oxygen atoms in total. The molecule has 0 aliphatic rings. The number of phosphoric acid groups is 2. The molecule has 0 aliphatic carbocycles. The highest BCUT2D eigenvalue weighted by Crippen LogP contribution is 2.45. The SMILES string of the molecule is CCCCC/C=C\C/C=C\C/C=C\C/C=C\CCCC(=O)OC[C@H](COP(=O)(O)OCC(O)COP(=O)(O)OC[C@@H](COC(=O)CCCCCCC/C=C\C/C=C\CCCCC)OC(=O)CCC/C=C\C/C=C\C/C=C\C/C=C\CCCCC)OC(=O)CCC/C=C\C/C=C\C/C=C\C/C=C\CCCCC. The van der Waals surface area contributed by atoms with Gasteiger partial charge < -0.3 is 33.8 Å². The van der Waals surface area contributed by atoms with E-state index in [0.717, 1.165) is 122 Å². The quantitative estimate of drug-likeness (QED) is 0.0169. The third kappa shape index (κ3) is 76.6. The highest BCUT2D eigenvalue weighted by Gasteiger charge is 2.30. The van der Waals surface area contributed by atoms with Crippen LogP contribution in [-0.4, -0.2) is 96.7 Å². The molecule has 602 valence electrons. The van der Waals surface area contributed by atoms with Crippen molar-refractivity contribution in [2.45, 2.75) is 316 Å². The number of hydrogen-bond acceptors (Lipinski definition) is 15. The predicted molar refractivity (Wildman–Crippen MR) is 436 cm³/mol. The number of carbonyl (C=O) groups is 4. The maximum absolute atomic E-state index is 13.1. The van der Waals surface area contributed by atoms with Crippen LogP contribution in [0.2, 0.25) is 0 Å². The summed E-state index contributed by atoms with van der Waals surface area (Å²) in [6.07, 6.45) is 92.1.